The summed E-state index contributed by atoms with van der Waals surface area (Å²) < 4.78 is 10.8. The summed E-state index contributed by atoms with van der Waals surface area (Å²) in [5.41, 5.74) is 1.08. The molecule has 1 aliphatic rings. The number of benzene rings is 1. The standard InChI is InChI=1S/C23H31NO4S/c1-16-12-14-29-23(16)22(26)20(15-17-5-3-4-6-17)24-21(25)11-13-28-19-9-7-18(27-2)8-10-19/h7-10,12,14,17,20,22,26H,3-6,11,13,15H2,1-2H3,(H,24,25)/t20-,22+/m1/s1. The Bertz CT molecular complexity index is 767. The van der Waals surface area contributed by atoms with E-state index < -0.39 is 6.10 Å². The number of amides is 1. The number of hydrogen-bond acceptors (Lipinski definition) is 5. The summed E-state index contributed by atoms with van der Waals surface area (Å²) in [7, 11) is 1.62. The van der Waals surface area contributed by atoms with Crippen molar-refractivity contribution in [2.75, 3.05) is 13.7 Å². The van der Waals surface area contributed by atoms with Crippen molar-refractivity contribution >= 4 is 17.2 Å². The van der Waals surface area contributed by atoms with Crippen molar-refractivity contribution in [1.82, 2.24) is 5.32 Å². The molecular weight excluding hydrogens is 386 g/mol. The molecule has 158 valence electrons. The van der Waals surface area contributed by atoms with Crippen LogP contribution >= 0.6 is 11.3 Å². The van der Waals surface area contributed by atoms with E-state index in [1.54, 1.807) is 18.4 Å². The van der Waals surface area contributed by atoms with Gasteiger partial charge in [0, 0.05) is 4.88 Å². The molecule has 2 atom stereocenters. The number of aliphatic hydroxyl groups excluding tert-OH is 1. The highest BCUT2D eigenvalue weighted by Gasteiger charge is 2.29. The van der Waals surface area contributed by atoms with Crippen LogP contribution in [0.1, 0.15) is 55.1 Å². The molecule has 29 heavy (non-hydrogen) atoms. The van der Waals surface area contributed by atoms with Gasteiger partial charge in [0.15, 0.2) is 0 Å². The second kappa shape index (κ2) is 10.6. The van der Waals surface area contributed by atoms with Crippen LogP contribution in [0.3, 0.4) is 0 Å². The first-order valence-electron chi connectivity index (χ1n) is 10.3. The number of aliphatic hydroxyl groups is 1. The molecule has 0 aliphatic heterocycles. The predicted molar refractivity (Wildman–Crippen MR) is 116 cm³/mol. The molecule has 6 heteroatoms. The number of nitrogens with one attached hydrogen (secondary N) is 1. The molecule has 1 aromatic heterocycles. The Labute approximate surface area is 177 Å². The second-order valence-corrected chi connectivity index (χ2v) is 8.69. The summed E-state index contributed by atoms with van der Waals surface area (Å²) in [6.45, 7) is 2.30. The zero-order valence-electron chi connectivity index (χ0n) is 17.2. The van der Waals surface area contributed by atoms with Gasteiger partial charge in [-0.2, -0.15) is 0 Å². The topological polar surface area (TPSA) is 67.8 Å². The van der Waals surface area contributed by atoms with E-state index in [1.807, 2.05) is 42.6 Å². The number of aryl methyl sites for hydroxylation is 1. The van der Waals surface area contributed by atoms with E-state index in [0.717, 1.165) is 22.6 Å². The second-order valence-electron chi connectivity index (χ2n) is 7.75. The third kappa shape index (κ3) is 6.21. The van der Waals surface area contributed by atoms with Crippen LogP contribution < -0.4 is 14.8 Å². The van der Waals surface area contributed by atoms with E-state index in [1.165, 1.54) is 25.7 Å². The lowest BCUT2D eigenvalue weighted by molar-refractivity contribution is -0.123. The zero-order chi connectivity index (χ0) is 20.6. The number of rotatable bonds is 10. The van der Waals surface area contributed by atoms with Gasteiger partial charge in [0.25, 0.3) is 0 Å². The molecule has 1 aromatic carbocycles. The van der Waals surface area contributed by atoms with Crippen LogP contribution in [0, 0.1) is 12.8 Å². The van der Waals surface area contributed by atoms with Gasteiger partial charge in [-0.15, -0.1) is 11.3 Å². The van der Waals surface area contributed by atoms with Gasteiger partial charge >= 0.3 is 0 Å². The highest BCUT2D eigenvalue weighted by atomic mass is 32.1. The van der Waals surface area contributed by atoms with Crippen molar-refractivity contribution in [1.29, 1.82) is 0 Å². The summed E-state index contributed by atoms with van der Waals surface area (Å²) >= 11 is 1.55. The Balaban J connectivity index is 1.54. The Hall–Kier alpha value is -2.05. The Morgan fingerprint density at radius 3 is 2.52 bits per heavy atom. The Morgan fingerprint density at radius 1 is 1.21 bits per heavy atom. The predicted octanol–water partition coefficient (Wildman–Crippen LogP) is 4.63. The minimum Gasteiger partial charge on any atom is -0.497 e. The normalized spacial score (nSPS) is 16.4. The average Bonchev–Trinajstić information content (AvgIpc) is 3.39. The third-order valence-electron chi connectivity index (χ3n) is 5.62. The number of ether oxygens (including phenoxy) is 2. The molecule has 0 saturated heterocycles. The van der Waals surface area contributed by atoms with Gasteiger partial charge in [-0.05, 0) is 60.5 Å². The van der Waals surface area contributed by atoms with Gasteiger partial charge in [0.1, 0.15) is 17.6 Å². The SMILES string of the molecule is COc1ccc(OCCC(=O)N[C@H](CC2CCCC2)[C@H](O)c2sccc2C)cc1. The highest BCUT2D eigenvalue weighted by Crippen LogP contribution is 2.34. The van der Waals surface area contributed by atoms with Crippen molar-refractivity contribution in [3.8, 4) is 11.5 Å². The van der Waals surface area contributed by atoms with E-state index in [2.05, 4.69) is 5.32 Å². The van der Waals surface area contributed by atoms with Gasteiger partial charge in [0.2, 0.25) is 5.91 Å². The molecule has 3 rings (SSSR count). The largest absolute Gasteiger partial charge is 0.497 e. The summed E-state index contributed by atoms with van der Waals surface area (Å²) in [6.07, 6.45) is 5.27. The highest BCUT2D eigenvalue weighted by molar-refractivity contribution is 7.10. The maximum atomic E-state index is 12.6. The monoisotopic (exact) mass is 417 g/mol. The molecule has 1 saturated carbocycles. The van der Waals surface area contributed by atoms with Crippen molar-refractivity contribution < 1.29 is 19.4 Å². The van der Waals surface area contributed by atoms with Crippen LogP contribution in [0.4, 0.5) is 0 Å². The molecule has 0 bridgehead atoms. The zero-order valence-corrected chi connectivity index (χ0v) is 18.0. The molecule has 5 nitrogen and oxygen atoms in total. The van der Waals surface area contributed by atoms with Crippen LogP contribution in [0.2, 0.25) is 0 Å². The van der Waals surface area contributed by atoms with E-state index in [-0.39, 0.29) is 18.4 Å². The van der Waals surface area contributed by atoms with Crippen LogP contribution in [-0.4, -0.2) is 30.8 Å². The van der Waals surface area contributed by atoms with Gasteiger partial charge in [0.05, 0.1) is 26.2 Å². The van der Waals surface area contributed by atoms with Crippen molar-refractivity contribution in [3.63, 3.8) is 0 Å². The van der Waals surface area contributed by atoms with Crippen LogP contribution in [-0.2, 0) is 4.79 Å². The molecule has 0 unspecified atom stereocenters. The molecule has 2 N–H and O–H groups in total. The average molecular weight is 418 g/mol. The Kier molecular flexibility index (Phi) is 7.95. The molecule has 1 aliphatic carbocycles. The first-order chi connectivity index (χ1) is 14.1. The fraction of sp³-hybridized carbons (Fsp3) is 0.522. The lowest BCUT2D eigenvalue weighted by atomic mass is 9.93. The summed E-state index contributed by atoms with van der Waals surface area (Å²) in [5, 5.41) is 16.0. The number of carbonyl (C=O) groups excluding carboxylic acids is 1. The van der Waals surface area contributed by atoms with Gasteiger partial charge in [-0.3, -0.25) is 4.79 Å². The minimum absolute atomic E-state index is 0.0882. The molecule has 0 radical (unpaired) electrons. The van der Waals surface area contributed by atoms with E-state index in [9.17, 15) is 9.90 Å². The minimum atomic E-state index is -0.665. The van der Waals surface area contributed by atoms with Crippen molar-refractivity contribution in [2.24, 2.45) is 5.92 Å². The number of hydrogen-bond donors (Lipinski definition) is 2. The van der Waals surface area contributed by atoms with Crippen LogP contribution in [0.5, 0.6) is 11.5 Å². The molecule has 0 spiro atoms. The summed E-state index contributed by atoms with van der Waals surface area (Å²) in [6, 6.07) is 9.05. The molecule has 1 heterocycles. The number of carbonyl (C=O) groups is 1. The fourth-order valence-electron chi connectivity index (χ4n) is 3.95. The lowest BCUT2D eigenvalue weighted by Crippen LogP contribution is -2.41. The molecule has 1 amide bonds. The van der Waals surface area contributed by atoms with E-state index in [4.69, 9.17) is 9.47 Å². The summed E-state index contributed by atoms with van der Waals surface area (Å²) in [4.78, 5) is 13.5. The van der Waals surface area contributed by atoms with E-state index >= 15 is 0 Å². The molecular formula is C23H31NO4S. The third-order valence-corrected chi connectivity index (χ3v) is 6.71. The maximum absolute atomic E-state index is 12.6. The fourth-order valence-corrected chi connectivity index (χ4v) is 4.93. The van der Waals surface area contributed by atoms with E-state index in [0.29, 0.717) is 18.3 Å². The van der Waals surface area contributed by atoms with Gasteiger partial charge in [-0.25, -0.2) is 0 Å². The number of methoxy groups -OCH3 is 1. The first-order valence-corrected chi connectivity index (χ1v) is 11.2. The Morgan fingerprint density at radius 2 is 1.90 bits per heavy atom. The van der Waals surface area contributed by atoms with Gasteiger partial charge in [-0.1, -0.05) is 25.7 Å². The van der Waals surface area contributed by atoms with Crippen molar-refractivity contribution in [3.05, 3.63) is 46.2 Å². The number of thiophene rings is 1. The maximum Gasteiger partial charge on any atom is 0.223 e. The van der Waals surface area contributed by atoms with Gasteiger partial charge < -0.3 is 19.9 Å². The van der Waals surface area contributed by atoms with Crippen molar-refractivity contribution in [2.45, 2.75) is 57.6 Å². The lowest BCUT2D eigenvalue weighted by Gasteiger charge is -2.27. The smallest absolute Gasteiger partial charge is 0.223 e. The molecule has 2 aromatic rings. The summed E-state index contributed by atoms with van der Waals surface area (Å²) in [5.74, 6) is 1.96. The molecule has 1 fully saturated rings. The quantitative estimate of drug-likeness (QED) is 0.591. The van der Waals surface area contributed by atoms with Crippen LogP contribution in [0.25, 0.3) is 0 Å². The van der Waals surface area contributed by atoms with Crippen LogP contribution in [0.15, 0.2) is 35.7 Å². The first kappa shape index (κ1) is 21.7.